The first-order valence-corrected chi connectivity index (χ1v) is 11.1. The van der Waals surface area contributed by atoms with Gasteiger partial charge < -0.3 is 14.8 Å². The van der Waals surface area contributed by atoms with Gasteiger partial charge in [0.15, 0.2) is 0 Å². The van der Waals surface area contributed by atoms with Crippen molar-refractivity contribution in [3.63, 3.8) is 0 Å². The summed E-state index contributed by atoms with van der Waals surface area (Å²) in [6, 6.07) is 4.25. The topological polar surface area (TPSA) is 88.2 Å². The van der Waals surface area contributed by atoms with Crippen molar-refractivity contribution < 1.29 is 22.7 Å². The second-order valence-electron chi connectivity index (χ2n) is 6.39. The molecule has 1 aromatic rings. The van der Waals surface area contributed by atoms with Crippen LogP contribution in [0.3, 0.4) is 0 Å². The fourth-order valence-corrected chi connectivity index (χ4v) is 4.65. The van der Waals surface area contributed by atoms with Crippen LogP contribution < -0.4 is 10.1 Å². The zero-order valence-corrected chi connectivity index (χ0v) is 17.9. The molecule has 0 bridgehead atoms. The van der Waals surface area contributed by atoms with Crippen LogP contribution in [0.5, 0.6) is 5.75 Å². The highest BCUT2D eigenvalue weighted by molar-refractivity contribution is 7.89. The lowest BCUT2D eigenvalue weighted by Gasteiger charge is -2.26. The number of rotatable bonds is 10. The van der Waals surface area contributed by atoms with Crippen molar-refractivity contribution in [3.8, 4) is 5.75 Å². The molecule has 1 amide bonds. The van der Waals surface area contributed by atoms with Crippen molar-refractivity contribution in [1.82, 2.24) is 14.5 Å². The highest BCUT2D eigenvalue weighted by atomic mass is 35.5. The fraction of sp³-hybridized carbons (Fsp3) is 0.611. The van der Waals surface area contributed by atoms with Gasteiger partial charge in [-0.3, -0.25) is 9.69 Å². The summed E-state index contributed by atoms with van der Waals surface area (Å²) in [5, 5.41) is 2.99. The number of ether oxygens (including phenoxy) is 2. The first-order valence-electron chi connectivity index (χ1n) is 9.29. The molecule has 1 aliphatic rings. The lowest BCUT2D eigenvalue weighted by Crippen LogP contribution is -2.42. The molecule has 1 saturated heterocycles. The van der Waals surface area contributed by atoms with Crippen LogP contribution in [0.2, 0.25) is 5.02 Å². The van der Waals surface area contributed by atoms with Crippen molar-refractivity contribution in [1.29, 1.82) is 0 Å². The Bertz CT molecular complexity index is 754. The predicted octanol–water partition coefficient (Wildman–Crippen LogP) is 1.20. The average molecular weight is 434 g/mol. The average Bonchev–Trinajstić information content (AvgIpc) is 2.70. The maximum Gasteiger partial charge on any atom is 0.243 e. The Kier molecular flexibility index (Phi) is 8.97. The summed E-state index contributed by atoms with van der Waals surface area (Å²) >= 11 is 6.04. The molecular formula is C18H28ClN3O5S. The normalized spacial score (nSPS) is 15.6. The molecule has 28 heavy (non-hydrogen) atoms. The monoisotopic (exact) mass is 433 g/mol. The Morgan fingerprint density at radius 3 is 2.68 bits per heavy atom. The van der Waals surface area contributed by atoms with E-state index in [0.717, 1.165) is 43.6 Å². The van der Waals surface area contributed by atoms with Crippen molar-refractivity contribution in [3.05, 3.63) is 23.2 Å². The van der Waals surface area contributed by atoms with E-state index in [2.05, 4.69) is 10.2 Å². The quantitative estimate of drug-likeness (QED) is 0.558. The number of likely N-dealkylation sites (N-methyl/N-ethyl adjacent to an activating group) is 1. The SMILES string of the molecule is CCN(CC(=O)NCCCN1CCOCC1)S(=O)(=O)c1ccc(OC)c(Cl)c1. The number of methoxy groups -OCH3 is 1. The molecule has 1 N–H and O–H groups in total. The van der Waals surface area contributed by atoms with E-state index in [-0.39, 0.29) is 28.9 Å². The molecule has 1 aliphatic heterocycles. The molecule has 0 aromatic heterocycles. The number of benzene rings is 1. The molecule has 1 aromatic carbocycles. The number of hydrogen-bond donors (Lipinski definition) is 1. The number of carbonyl (C=O) groups excluding carboxylic acids is 1. The largest absolute Gasteiger partial charge is 0.495 e. The molecule has 0 aliphatic carbocycles. The van der Waals surface area contributed by atoms with E-state index in [0.29, 0.717) is 12.3 Å². The van der Waals surface area contributed by atoms with Gasteiger partial charge in [0.1, 0.15) is 5.75 Å². The number of halogens is 1. The number of hydrogen-bond acceptors (Lipinski definition) is 6. The van der Waals surface area contributed by atoms with E-state index in [1.165, 1.54) is 25.3 Å². The molecule has 10 heteroatoms. The smallest absolute Gasteiger partial charge is 0.243 e. The third-order valence-electron chi connectivity index (χ3n) is 4.51. The van der Waals surface area contributed by atoms with Crippen molar-refractivity contribution in [2.24, 2.45) is 0 Å². The highest BCUT2D eigenvalue weighted by Crippen LogP contribution is 2.28. The van der Waals surface area contributed by atoms with Crippen LogP contribution in [0, 0.1) is 0 Å². The molecular weight excluding hydrogens is 406 g/mol. The number of sulfonamides is 1. The first kappa shape index (κ1) is 22.9. The van der Waals surface area contributed by atoms with Crippen LogP contribution in [0.25, 0.3) is 0 Å². The Morgan fingerprint density at radius 1 is 1.36 bits per heavy atom. The van der Waals surface area contributed by atoms with E-state index < -0.39 is 10.0 Å². The van der Waals surface area contributed by atoms with Crippen LogP contribution in [0.4, 0.5) is 0 Å². The minimum absolute atomic E-state index is 0.0280. The van der Waals surface area contributed by atoms with Crippen LogP contribution in [-0.4, -0.2) is 83.1 Å². The maximum absolute atomic E-state index is 12.8. The van der Waals surface area contributed by atoms with E-state index in [4.69, 9.17) is 21.1 Å². The summed E-state index contributed by atoms with van der Waals surface area (Å²) in [5.74, 6) is 0.0636. The molecule has 1 fully saturated rings. The molecule has 0 unspecified atom stereocenters. The van der Waals surface area contributed by atoms with Crippen molar-refractivity contribution in [2.75, 3.05) is 59.6 Å². The van der Waals surface area contributed by atoms with Gasteiger partial charge in [0, 0.05) is 26.2 Å². The molecule has 0 spiro atoms. The van der Waals surface area contributed by atoms with Gasteiger partial charge >= 0.3 is 0 Å². The summed E-state index contributed by atoms with van der Waals surface area (Å²) in [5.41, 5.74) is 0. The molecule has 8 nitrogen and oxygen atoms in total. The van der Waals surface area contributed by atoms with Gasteiger partial charge in [0.05, 0.1) is 36.8 Å². The second-order valence-corrected chi connectivity index (χ2v) is 8.73. The number of amides is 1. The summed E-state index contributed by atoms with van der Waals surface area (Å²) in [4.78, 5) is 14.5. The van der Waals surface area contributed by atoms with Gasteiger partial charge in [-0.15, -0.1) is 0 Å². The molecule has 2 rings (SSSR count). The number of nitrogens with zero attached hydrogens (tertiary/aromatic N) is 2. The third kappa shape index (κ3) is 6.31. The van der Waals surface area contributed by atoms with E-state index in [1.54, 1.807) is 6.92 Å². The molecule has 158 valence electrons. The minimum atomic E-state index is -3.83. The number of morpholine rings is 1. The van der Waals surface area contributed by atoms with Crippen LogP contribution in [-0.2, 0) is 19.6 Å². The fourth-order valence-electron chi connectivity index (χ4n) is 2.89. The first-order chi connectivity index (χ1) is 13.4. The molecule has 0 saturated carbocycles. The zero-order valence-electron chi connectivity index (χ0n) is 16.3. The van der Waals surface area contributed by atoms with Crippen LogP contribution >= 0.6 is 11.6 Å². The Labute approximate surface area is 171 Å². The summed E-state index contributed by atoms with van der Waals surface area (Å²) < 4.78 is 37.1. The Hall–Kier alpha value is -1.39. The van der Waals surface area contributed by atoms with E-state index in [1.807, 2.05) is 0 Å². The Balaban J connectivity index is 1.87. The second kappa shape index (κ2) is 11.0. The summed E-state index contributed by atoms with van der Waals surface area (Å²) in [7, 11) is -2.38. The summed E-state index contributed by atoms with van der Waals surface area (Å²) in [6.45, 7) is 6.30. The molecule has 1 heterocycles. The van der Waals surface area contributed by atoms with Gasteiger partial charge in [-0.1, -0.05) is 18.5 Å². The Morgan fingerprint density at radius 2 is 2.07 bits per heavy atom. The van der Waals surface area contributed by atoms with Crippen LogP contribution in [0.1, 0.15) is 13.3 Å². The van der Waals surface area contributed by atoms with Gasteiger partial charge in [-0.05, 0) is 31.2 Å². The van der Waals surface area contributed by atoms with Gasteiger partial charge in [-0.25, -0.2) is 8.42 Å². The van der Waals surface area contributed by atoms with Crippen molar-refractivity contribution in [2.45, 2.75) is 18.2 Å². The lowest BCUT2D eigenvalue weighted by atomic mass is 10.3. The van der Waals surface area contributed by atoms with Gasteiger partial charge in [0.2, 0.25) is 15.9 Å². The highest BCUT2D eigenvalue weighted by Gasteiger charge is 2.26. The van der Waals surface area contributed by atoms with E-state index >= 15 is 0 Å². The van der Waals surface area contributed by atoms with Gasteiger partial charge in [0.25, 0.3) is 0 Å². The third-order valence-corrected chi connectivity index (χ3v) is 6.72. The number of carbonyl (C=O) groups is 1. The summed E-state index contributed by atoms with van der Waals surface area (Å²) in [6.07, 6.45) is 0.804. The predicted molar refractivity (Wildman–Crippen MR) is 107 cm³/mol. The molecule has 0 radical (unpaired) electrons. The molecule has 0 atom stereocenters. The zero-order chi connectivity index (χ0) is 20.6. The van der Waals surface area contributed by atoms with E-state index in [9.17, 15) is 13.2 Å². The lowest BCUT2D eigenvalue weighted by molar-refractivity contribution is -0.121. The standard InChI is InChI=1S/C18H28ClN3O5S/c1-3-22(28(24,25)15-5-6-17(26-2)16(19)13-15)14-18(23)20-7-4-8-21-9-11-27-12-10-21/h5-6,13H,3-4,7-12,14H2,1-2H3,(H,20,23). The van der Waals surface area contributed by atoms with Crippen molar-refractivity contribution >= 4 is 27.5 Å². The maximum atomic E-state index is 12.8. The van der Waals surface area contributed by atoms with Gasteiger partial charge in [-0.2, -0.15) is 4.31 Å². The minimum Gasteiger partial charge on any atom is -0.495 e. The number of nitrogens with one attached hydrogen (secondary N) is 1. The van der Waals surface area contributed by atoms with Crippen LogP contribution in [0.15, 0.2) is 23.1 Å².